The van der Waals surface area contributed by atoms with E-state index in [2.05, 4.69) is 5.32 Å². The van der Waals surface area contributed by atoms with Crippen LogP contribution in [0.3, 0.4) is 0 Å². The lowest BCUT2D eigenvalue weighted by molar-refractivity contribution is -0.125. The van der Waals surface area contributed by atoms with Crippen LogP contribution in [-0.4, -0.2) is 42.9 Å². The van der Waals surface area contributed by atoms with Crippen LogP contribution < -0.4 is 11.1 Å². The molecule has 2 amide bonds. The predicted molar refractivity (Wildman–Crippen MR) is 95.8 cm³/mol. The Balaban J connectivity index is 1.93. The molecule has 0 bridgehead atoms. The summed E-state index contributed by atoms with van der Waals surface area (Å²) in [5, 5.41) is 3.13. The number of hydrogen-bond donors (Lipinski definition) is 2. The Morgan fingerprint density at radius 2 is 2.12 bits per heavy atom. The third kappa shape index (κ3) is 4.70. The Bertz CT molecular complexity index is 631. The first kappa shape index (κ1) is 19.7. The molecule has 25 heavy (non-hydrogen) atoms. The Labute approximate surface area is 152 Å². The van der Waals surface area contributed by atoms with E-state index in [1.807, 2.05) is 0 Å². The predicted octanol–water partition coefficient (Wildman–Crippen LogP) is 2.07. The van der Waals surface area contributed by atoms with Gasteiger partial charge in [-0.25, -0.2) is 4.39 Å². The molecular formula is C18H25ClFN3O2. The van der Waals surface area contributed by atoms with Crippen molar-refractivity contribution in [2.75, 3.05) is 19.6 Å². The quantitative estimate of drug-likeness (QED) is 0.754. The number of nitrogens with zero attached hydrogens (tertiary/aromatic N) is 1. The van der Waals surface area contributed by atoms with Crippen LogP contribution in [0.25, 0.3) is 0 Å². The number of likely N-dealkylation sites (tertiary alicyclic amines) is 1. The average Bonchev–Trinajstić information content (AvgIpc) is 2.59. The van der Waals surface area contributed by atoms with Crippen LogP contribution in [0.15, 0.2) is 18.2 Å². The van der Waals surface area contributed by atoms with Gasteiger partial charge in [-0.05, 0) is 44.7 Å². The van der Waals surface area contributed by atoms with Gasteiger partial charge in [0.05, 0.1) is 5.41 Å². The second-order valence-electron chi connectivity index (χ2n) is 7.10. The van der Waals surface area contributed by atoms with Crippen molar-refractivity contribution in [1.82, 2.24) is 10.2 Å². The Morgan fingerprint density at radius 3 is 2.68 bits per heavy atom. The molecule has 1 aliphatic heterocycles. The maximum Gasteiger partial charge on any atom is 0.230 e. The minimum absolute atomic E-state index is 0.191. The highest BCUT2D eigenvalue weighted by molar-refractivity contribution is 6.30. The summed E-state index contributed by atoms with van der Waals surface area (Å²) in [6.45, 7) is 5.04. The number of rotatable bonds is 6. The van der Waals surface area contributed by atoms with E-state index in [0.29, 0.717) is 30.2 Å². The molecule has 1 aromatic rings. The van der Waals surface area contributed by atoms with Gasteiger partial charge in [0.15, 0.2) is 0 Å². The van der Waals surface area contributed by atoms with Gasteiger partial charge in [0.2, 0.25) is 12.3 Å². The molecule has 1 heterocycles. The molecule has 1 saturated heterocycles. The van der Waals surface area contributed by atoms with Crippen molar-refractivity contribution in [2.45, 2.75) is 38.1 Å². The summed E-state index contributed by atoms with van der Waals surface area (Å²) in [5.74, 6) is -0.528. The van der Waals surface area contributed by atoms with Crippen LogP contribution in [0.2, 0.25) is 5.02 Å². The van der Waals surface area contributed by atoms with Crippen molar-refractivity contribution >= 4 is 23.9 Å². The van der Waals surface area contributed by atoms with Gasteiger partial charge in [-0.3, -0.25) is 9.59 Å². The number of carbonyl (C=O) groups is 2. The first-order valence-corrected chi connectivity index (χ1v) is 8.82. The van der Waals surface area contributed by atoms with Crippen molar-refractivity contribution in [1.29, 1.82) is 0 Å². The van der Waals surface area contributed by atoms with Crippen LogP contribution in [0.1, 0.15) is 32.3 Å². The van der Waals surface area contributed by atoms with Crippen molar-refractivity contribution in [3.05, 3.63) is 34.6 Å². The Hall–Kier alpha value is -1.66. The Kier molecular flexibility index (Phi) is 6.41. The first-order valence-electron chi connectivity index (χ1n) is 8.44. The minimum Gasteiger partial charge on any atom is -0.354 e. The molecule has 5 nitrogen and oxygen atoms in total. The SMILES string of the molecule is CC(C)(C(=O)NCC(N)C1CCN(C=O)CC1)c1ccc(Cl)cc1F. The van der Waals surface area contributed by atoms with E-state index in [1.165, 1.54) is 12.1 Å². The largest absolute Gasteiger partial charge is 0.354 e. The third-order valence-corrected chi connectivity index (χ3v) is 5.23. The van der Waals surface area contributed by atoms with Crippen molar-refractivity contribution in [3.8, 4) is 0 Å². The van der Waals surface area contributed by atoms with Gasteiger partial charge in [0, 0.05) is 36.3 Å². The Morgan fingerprint density at radius 1 is 1.48 bits per heavy atom. The van der Waals surface area contributed by atoms with Gasteiger partial charge in [0.25, 0.3) is 0 Å². The first-order chi connectivity index (χ1) is 11.8. The monoisotopic (exact) mass is 369 g/mol. The lowest BCUT2D eigenvalue weighted by atomic mass is 9.83. The molecule has 1 aromatic carbocycles. The van der Waals surface area contributed by atoms with E-state index >= 15 is 0 Å². The highest BCUT2D eigenvalue weighted by atomic mass is 35.5. The third-order valence-electron chi connectivity index (χ3n) is 5.00. The van der Waals surface area contributed by atoms with Gasteiger partial charge in [0.1, 0.15) is 5.82 Å². The van der Waals surface area contributed by atoms with Gasteiger partial charge < -0.3 is 16.0 Å². The molecule has 0 aromatic heterocycles. The highest BCUT2D eigenvalue weighted by Crippen LogP contribution is 2.28. The molecule has 0 aliphatic carbocycles. The number of halogens is 2. The molecule has 0 radical (unpaired) electrons. The summed E-state index contributed by atoms with van der Waals surface area (Å²) in [6, 6.07) is 4.12. The van der Waals surface area contributed by atoms with Crippen LogP contribution in [0.5, 0.6) is 0 Å². The number of piperidine rings is 1. The van der Waals surface area contributed by atoms with Crippen LogP contribution in [0, 0.1) is 11.7 Å². The van der Waals surface area contributed by atoms with E-state index in [1.54, 1.807) is 24.8 Å². The van der Waals surface area contributed by atoms with Crippen molar-refractivity contribution in [2.24, 2.45) is 11.7 Å². The molecule has 1 fully saturated rings. The maximum atomic E-state index is 14.1. The average molecular weight is 370 g/mol. The summed E-state index contributed by atoms with van der Waals surface area (Å²) in [6.07, 6.45) is 2.50. The number of hydrogen-bond acceptors (Lipinski definition) is 3. The van der Waals surface area contributed by atoms with E-state index < -0.39 is 11.2 Å². The second kappa shape index (κ2) is 8.15. The fraction of sp³-hybridized carbons (Fsp3) is 0.556. The van der Waals surface area contributed by atoms with E-state index in [4.69, 9.17) is 17.3 Å². The standard InChI is InChI=1S/C18H25ClFN3O2/c1-18(2,14-4-3-13(19)9-15(14)20)17(25)22-10-16(21)12-5-7-23(11-24)8-6-12/h3-4,9,11-12,16H,5-8,10,21H2,1-2H3,(H,22,25). The number of carbonyl (C=O) groups excluding carboxylic acids is 2. The normalized spacial score (nSPS) is 17.2. The van der Waals surface area contributed by atoms with Crippen LogP contribution >= 0.6 is 11.6 Å². The van der Waals surface area contributed by atoms with E-state index in [9.17, 15) is 14.0 Å². The van der Waals surface area contributed by atoms with Crippen LogP contribution in [0.4, 0.5) is 4.39 Å². The summed E-state index contributed by atoms with van der Waals surface area (Å²) in [5.41, 5.74) is 5.46. The summed E-state index contributed by atoms with van der Waals surface area (Å²) < 4.78 is 14.1. The van der Waals surface area contributed by atoms with Crippen molar-refractivity contribution in [3.63, 3.8) is 0 Å². The van der Waals surface area contributed by atoms with Gasteiger partial charge in [-0.1, -0.05) is 17.7 Å². The minimum atomic E-state index is -1.03. The van der Waals surface area contributed by atoms with Gasteiger partial charge in [-0.15, -0.1) is 0 Å². The molecule has 0 spiro atoms. The maximum absolute atomic E-state index is 14.1. The molecule has 1 aliphatic rings. The lowest BCUT2D eigenvalue weighted by Gasteiger charge is -2.33. The molecule has 0 saturated carbocycles. The second-order valence-corrected chi connectivity index (χ2v) is 7.54. The number of amides is 2. The molecule has 3 N–H and O–H groups in total. The molecule has 138 valence electrons. The summed E-state index contributed by atoms with van der Waals surface area (Å²) >= 11 is 5.77. The molecule has 1 atom stereocenters. The van der Waals surface area contributed by atoms with Crippen molar-refractivity contribution < 1.29 is 14.0 Å². The molecule has 1 unspecified atom stereocenters. The molecule has 7 heteroatoms. The highest BCUT2D eigenvalue weighted by Gasteiger charge is 2.33. The summed E-state index contributed by atoms with van der Waals surface area (Å²) in [4.78, 5) is 25.0. The van der Waals surface area contributed by atoms with E-state index in [-0.39, 0.29) is 17.9 Å². The van der Waals surface area contributed by atoms with Gasteiger partial charge >= 0.3 is 0 Å². The fourth-order valence-electron chi connectivity index (χ4n) is 3.17. The summed E-state index contributed by atoms with van der Waals surface area (Å²) in [7, 11) is 0. The topological polar surface area (TPSA) is 75.4 Å². The smallest absolute Gasteiger partial charge is 0.230 e. The lowest BCUT2D eigenvalue weighted by Crippen LogP contribution is -2.49. The van der Waals surface area contributed by atoms with Gasteiger partial charge in [-0.2, -0.15) is 0 Å². The molecule has 2 rings (SSSR count). The number of nitrogens with two attached hydrogens (primary N) is 1. The van der Waals surface area contributed by atoms with E-state index in [0.717, 1.165) is 19.3 Å². The molecular weight excluding hydrogens is 345 g/mol. The number of benzene rings is 1. The van der Waals surface area contributed by atoms with Crippen LogP contribution in [-0.2, 0) is 15.0 Å². The zero-order valence-electron chi connectivity index (χ0n) is 14.6. The number of nitrogens with one attached hydrogen (secondary N) is 1. The fourth-order valence-corrected chi connectivity index (χ4v) is 3.33. The zero-order valence-corrected chi connectivity index (χ0v) is 15.4. The zero-order chi connectivity index (χ0) is 18.6.